The van der Waals surface area contributed by atoms with Crippen molar-refractivity contribution in [1.29, 1.82) is 0 Å². The third-order valence-corrected chi connectivity index (χ3v) is 13.3. The summed E-state index contributed by atoms with van der Waals surface area (Å²) in [5.41, 5.74) is 3.71. The molecule has 0 amide bonds. The standard InChI is InChI=1S/C32H52O2/c1-21(2)10-9-11-22(3)24-14-16-30(8)26-13-12-25-28(5,6)27(34-23(4)33)15-17-31(25)20-32(26,31)19-18-29(24,30)7/h10,22,24-27H,9,11-20H2,1-8H3/t22-,24-,25+,26+,27+,29-,30+,31-,32?/m1/s1. The lowest BCUT2D eigenvalue weighted by atomic mass is 9.41. The summed E-state index contributed by atoms with van der Waals surface area (Å²) in [4.78, 5) is 11.8. The molecule has 2 heteroatoms. The van der Waals surface area contributed by atoms with Gasteiger partial charge in [0.05, 0.1) is 0 Å². The van der Waals surface area contributed by atoms with Gasteiger partial charge in [0.2, 0.25) is 0 Å². The fourth-order valence-corrected chi connectivity index (χ4v) is 11.5. The number of esters is 1. The van der Waals surface area contributed by atoms with Gasteiger partial charge in [-0.3, -0.25) is 4.79 Å². The highest BCUT2D eigenvalue weighted by molar-refractivity contribution is 5.66. The molecule has 1 unspecified atom stereocenters. The van der Waals surface area contributed by atoms with Crippen molar-refractivity contribution in [3.63, 3.8) is 0 Å². The Bertz CT molecular complexity index is 866. The van der Waals surface area contributed by atoms with E-state index in [-0.39, 0.29) is 17.5 Å². The van der Waals surface area contributed by atoms with Crippen molar-refractivity contribution >= 4 is 5.97 Å². The lowest BCUT2D eigenvalue weighted by molar-refractivity contribution is -0.181. The maximum atomic E-state index is 11.8. The first-order valence-corrected chi connectivity index (χ1v) is 14.6. The molecular weight excluding hydrogens is 416 g/mol. The average molecular weight is 469 g/mol. The van der Waals surface area contributed by atoms with Gasteiger partial charge in [0, 0.05) is 12.3 Å². The van der Waals surface area contributed by atoms with E-state index in [1.807, 2.05) is 0 Å². The first-order valence-electron chi connectivity index (χ1n) is 14.6. The van der Waals surface area contributed by atoms with Gasteiger partial charge < -0.3 is 4.74 Å². The fourth-order valence-electron chi connectivity index (χ4n) is 11.5. The van der Waals surface area contributed by atoms with Crippen molar-refractivity contribution in [3.8, 4) is 0 Å². The van der Waals surface area contributed by atoms with Crippen LogP contribution >= 0.6 is 0 Å². The van der Waals surface area contributed by atoms with Crippen molar-refractivity contribution in [2.75, 3.05) is 0 Å². The quantitative estimate of drug-likeness (QED) is 0.298. The lowest BCUT2D eigenvalue weighted by Gasteiger charge is -2.63. The number of fused-ring (bicyclic) bond motifs is 2. The molecule has 5 saturated carbocycles. The molecule has 2 nitrogen and oxygen atoms in total. The summed E-state index contributed by atoms with van der Waals surface area (Å²) < 4.78 is 5.90. The van der Waals surface area contributed by atoms with E-state index in [1.165, 1.54) is 69.8 Å². The van der Waals surface area contributed by atoms with Gasteiger partial charge in [-0.1, -0.05) is 46.3 Å². The number of hydrogen-bond donors (Lipinski definition) is 0. The summed E-state index contributed by atoms with van der Waals surface area (Å²) in [6.45, 7) is 18.9. The van der Waals surface area contributed by atoms with Crippen LogP contribution in [0.25, 0.3) is 0 Å². The van der Waals surface area contributed by atoms with Crippen molar-refractivity contribution in [3.05, 3.63) is 11.6 Å². The van der Waals surface area contributed by atoms with E-state index >= 15 is 0 Å². The van der Waals surface area contributed by atoms with E-state index in [0.29, 0.717) is 21.7 Å². The summed E-state index contributed by atoms with van der Waals surface area (Å²) in [5, 5.41) is 0. The average Bonchev–Trinajstić information content (AvgIpc) is 3.32. The van der Waals surface area contributed by atoms with E-state index in [2.05, 4.69) is 54.5 Å². The number of carbonyl (C=O) groups is 1. The zero-order chi connectivity index (χ0) is 24.7. The van der Waals surface area contributed by atoms with Gasteiger partial charge in [-0.15, -0.1) is 0 Å². The van der Waals surface area contributed by atoms with Gasteiger partial charge in [0.25, 0.3) is 0 Å². The second kappa shape index (κ2) is 7.85. The van der Waals surface area contributed by atoms with Crippen molar-refractivity contribution in [2.45, 2.75) is 132 Å². The molecule has 192 valence electrons. The molecule has 34 heavy (non-hydrogen) atoms. The second-order valence-corrected chi connectivity index (χ2v) is 14.9. The second-order valence-electron chi connectivity index (χ2n) is 14.9. The van der Waals surface area contributed by atoms with Crippen LogP contribution in [0.5, 0.6) is 0 Å². The zero-order valence-electron chi connectivity index (χ0n) is 23.6. The van der Waals surface area contributed by atoms with Gasteiger partial charge in [-0.05, 0) is 130 Å². The van der Waals surface area contributed by atoms with Gasteiger partial charge in [0.1, 0.15) is 6.10 Å². The van der Waals surface area contributed by atoms with Crippen molar-refractivity contribution in [2.24, 2.45) is 50.7 Å². The smallest absolute Gasteiger partial charge is 0.302 e. The molecule has 9 atom stereocenters. The molecule has 0 aromatic rings. The highest BCUT2D eigenvalue weighted by atomic mass is 16.5. The van der Waals surface area contributed by atoms with Crippen LogP contribution in [0, 0.1) is 50.7 Å². The summed E-state index contributed by atoms with van der Waals surface area (Å²) in [7, 11) is 0. The number of rotatable bonds is 5. The minimum atomic E-state index is -0.0927. The third kappa shape index (κ3) is 3.14. The Morgan fingerprint density at radius 2 is 1.56 bits per heavy atom. The predicted molar refractivity (Wildman–Crippen MR) is 140 cm³/mol. The molecule has 0 aliphatic heterocycles. The van der Waals surface area contributed by atoms with Crippen LogP contribution in [-0.2, 0) is 9.53 Å². The number of carbonyl (C=O) groups excluding carboxylic acids is 1. The highest BCUT2D eigenvalue weighted by Crippen LogP contribution is 2.89. The Hall–Kier alpha value is -0.790. The van der Waals surface area contributed by atoms with Gasteiger partial charge in [-0.2, -0.15) is 0 Å². The van der Waals surface area contributed by atoms with Gasteiger partial charge in [0.15, 0.2) is 0 Å². The van der Waals surface area contributed by atoms with E-state index in [1.54, 1.807) is 6.92 Å². The van der Waals surface area contributed by atoms with Crippen LogP contribution in [0.3, 0.4) is 0 Å². The maximum Gasteiger partial charge on any atom is 0.302 e. The van der Waals surface area contributed by atoms with Crippen molar-refractivity contribution < 1.29 is 9.53 Å². The molecule has 5 fully saturated rings. The van der Waals surface area contributed by atoms with Crippen LogP contribution in [0.4, 0.5) is 0 Å². The number of hydrogen-bond acceptors (Lipinski definition) is 2. The molecular formula is C32H52O2. The number of allylic oxidation sites excluding steroid dienone is 2. The van der Waals surface area contributed by atoms with Crippen LogP contribution in [0.15, 0.2) is 11.6 Å². The first kappa shape index (κ1) is 24.9. The van der Waals surface area contributed by atoms with Crippen molar-refractivity contribution in [1.82, 2.24) is 0 Å². The highest BCUT2D eigenvalue weighted by Gasteiger charge is 2.82. The minimum Gasteiger partial charge on any atom is -0.462 e. The van der Waals surface area contributed by atoms with Gasteiger partial charge >= 0.3 is 5.97 Å². The summed E-state index contributed by atoms with van der Waals surface area (Å²) in [5.74, 6) is 3.27. The molecule has 0 saturated heterocycles. The Kier molecular flexibility index (Phi) is 5.75. The van der Waals surface area contributed by atoms with Crippen LogP contribution < -0.4 is 0 Å². The summed E-state index contributed by atoms with van der Waals surface area (Å²) in [6.07, 6.45) is 17.6. The zero-order valence-corrected chi connectivity index (χ0v) is 23.6. The Labute approximate surface area is 210 Å². The van der Waals surface area contributed by atoms with E-state index in [4.69, 9.17) is 4.74 Å². The van der Waals surface area contributed by atoms with Gasteiger partial charge in [-0.25, -0.2) is 0 Å². The molecule has 0 aromatic heterocycles. The van der Waals surface area contributed by atoms with Crippen LogP contribution in [-0.4, -0.2) is 12.1 Å². The maximum absolute atomic E-state index is 11.8. The predicted octanol–water partition coefficient (Wildman–Crippen LogP) is 8.74. The molecule has 5 aliphatic rings. The molecule has 5 rings (SSSR count). The van der Waals surface area contributed by atoms with E-state index < -0.39 is 0 Å². The summed E-state index contributed by atoms with van der Waals surface area (Å²) >= 11 is 0. The molecule has 0 N–H and O–H groups in total. The lowest BCUT2D eigenvalue weighted by Crippen LogP contribution is -2.58. The molecule has 0 radical (unpaired) electrons. The van der Waals surface area contributed by atoms with Crippen LogP contribution in [0.1, 0.15) is 126 Å². The number of ether oxygens (including phenoxy) is 1. The SMILES string of the molecule is CC(=O)O[C@H]1CC[C@]23CC24CC[C@]2(C)[C@@H]([C@H](C)CCC=C(C)C)CC[C@@]2(C)[C@@H]4CC[C@H]3C1(C)C. The summed E-state index contributed by atoms with van der Waals surface area (Å²) in [6, 6.07) is 0. The Balaban J connectivity index is 1.39. The Morgan fingerprint density at radius 3 is 2.24 bits per heavy atom. The normalized spacial score (nSPS) is 49.1. The minimum absolute atomic E-state index is 0.0927. The molecule has 2 spiro atoms. The Morgan fingerprint density at radius 1 is 0.882 bits per heavy atom. The molecule has 5 aliphatic carbocycles. The molecule has 0 heterocycles. The third-order valence-electron chi connectivity index (χ3n) is 13.3. The van der Waals surface area contributed by atoms with E-state index in [0.717, 1.165) is 30.1 Å². The van der Waals surface area contributed by atoms with Crippen LogP contribution in [0.2, 0.25) is 0 Å². The van der Waals surface area contributed by atoms with E-state index in [9.17, 15) is 4.79 Å². The first-order chi connectivity index (χ1) is 15.8. The molecule has 0 aromatic carbocycles. The largest absolute Gasteiger partial charge is 0.462 e. The fraction of sp³-hybridized carbons (Fsp3) is 0.906. The topological polar surface area (TPSA) is 26.3 Å². The monoisotopic (exact) mass is 468 g/mol. The molecule has 0 bridgehead atoms.